The maximum absolute atomic E-state index is 13.6. The maximum atomic E-state index is 13.6. The van der Waals surface area contributed by atoms with Crippen molar-refractivity contribution >= 4 is 28.8 Å². The summed E-state index contributed by atoms with van der Waals surface area (Å²) in [4.78, 5) is 28.4. The van der Waals surface area contributed by atoms with Crippen LogP contribution in [0.25, 0.3) is 5.57 Å². The van der Waals surface area contributed by atoms with Gasteiger partial charge in [-0.05, 0) is 61.2 Å². The molecule has 0 saturated carbocycles. The molecule has 32 heavy (non-hydrogen) atoms. The summed E-state index contributed by atoms with van der Waals surface area (Å²) < 4.78 is 10.8. The van der Waals surface area contributed by atoms with Crippen LogP contribution in [0.2, 0.25) is 0 Å². The van der Waals surface area contributed by atoms with Gasteiger partial charge in [-0.3, -0.25) is 9.59 Å². The molecular weight excluding hydrogens is 404 g/mol. The van der Waals surface area contributed by atoms with Crippen LogP contribution in [0.15, 0.2) is 66.4 Å². The number of para-hydroxylation sites is 1. The van der Waals surface area contributed by atoms with Crippen molar-refractivity contribution < 1.29 is 19.1 Å². The van der Waals surface area contributed by atoms with E-state index >= 15 is 0 Å². The molecule has 6 heteroatoms. The second kappa shape index (κ2) is 7.57. The monoisotopic (exact) mass is 426 g/mol. The number of rotatable bonds is 4. The third-order valence-electron chi connectivity index (χ3n) is 5.88. The second-order valence-corrected chi connectivity index (χ2v) is 7.97. The van der Waals surface area contributed by atoms with Crippen molar-refractivity contribution in [1.29, 1.82) is 0 Å². The predicted octanol–water partition coefficient (Wildman–Crippen LogP) is 4.74. The highest BCUT2D eigenvalue weighted by molar-refractivity contribution is 6.46. The Balaban J connectivity index is 1.63. The van der Waals surface area contributed by atoms with Crippen LogP contribution < -0.4 is 19.7 Å². The third kappa shape index (κ3) is 3.21. The highest BCUT2D eigenvalue weighted by atomic mass is 16.7. The molecule has 5 rings (SSSR count). The number of anilines is 2. The number of nitrogens with one attached hydrogen (secondary N) is 1. The van der Waals surface area contributed by atoms with Crippen LogP contribution in [-0.4, -0.2) is 18.6 Å². The smallest absolute Gasteiger partial charge is 0.282 e. The van der Waals surface area contributed by atoms with Crippen molar-refractivity contribution in [2.24, 2.45) is 0 Å². The van der Waals surface area contributed by atoms with Gasteiger partial charge in [-0.15, -0.1) is 0 Å². The molecule has 0 bridgehead atoms. The summed E-state index contributed by atoms with van der Waals surface area (Å²) in [5.74, 6) is 0.496. The largest absolute Gasteiger partial charge is 0.454 e. The van der Waals surface area contributed by atoms with Gasteiger partial charge < -0.3 is 14.8 Å². The van der Waals surface area contributed by atoms with E-state index < -0.39 is 5.91 Å². The number of nitrogens with zero attached hydrogens (tertiary/aromatic N) is 1. The molecule has 2 aliphatic heterocycles. The minimum absolute atomic E-state index is 0.161. The van der Waals surface area contributed by atoms with Crippen molar-refractivity contribution in [1.82, 2.24) is 0 Å². The molecule has 2 amide bonds. The van der Waals surface area contributed by atoms with Gasteiger partial charge in [-0.25, -0.2) is 4.90 Å². The zero-order valence-electron chi connectivity index (χ0n) is 18.1. The van der Waals surface area contributed by atoms with E-state index in [2.05, 4.69) is 5.32 Å². The third-order valence-corrected chi connectivity index (χ3v) is 5.88. The minimum Gasteiger partial charge on any atom is -0.454 e. The number of benzene rings is 3. The lowest BCUT2D eigenvalue weighted by molar-refractivity contribution is -0.120. The Morgan fingerprint density at radius 2 is 1.56 bits per heavy atom. The highest BCUT2D eigenvalue weighted by Gasteiger charge is 2.41. The number of amides is 2. The minimum atomic E-state index is -0.393. The molecule has 0 aromatic heterocycles. The van der Waals surface area contributed by atoms with Crippen LogP contribution in [0.3, 0.4) is 0 Å². The van der Waals surface area contributed by atoms with E-state index in [1.807, 2.05) is 57.2 Å². The van der Waals surface area contributed by atoms with Crippen LogP contribution in [0.4, 0.5) is 11.4 Å². The van der Waals surface area contributed by atoms with Gasteiger partial charge in [-0.1, -0.05) is 36.4 Å². The fourth-order valence-electron chi connectivity index (χ4n) is 3.96. The Bertz CT molecular complexity index is 1310. The molecule has 1 N–H and O–H groups in total. The normalized spacial score (nSPS) is 15.0. The standard InChI is InChI=1S/C26H22N2O4/c1-15-8-9-18(12-17(15)3)23-24(27-19-10-11-21-22(13-19)32-14-31-21)26(30)28(25(23)29)20-7-5-4-6-16(20)2/h4-13,27H,14H2,1-3H3. The van der Waals surface area contributed by atoms with Gasteiger partial charge >= 0.3 is 0 Å². The number of hydrogen-bond donors (Lipinski definition) is 1. The molecule has 0 spiro atoms. The van der Waals surface area contributed by atoms with Gasteiger partial charge in [0.15, 0.2) is 11.5 Å². The van der Waals surface area contributed by atoms with E-state index in [4.69, 9.17) is 9.47 Å². The van der Waals surface area contributed by atoms with Crippen molar-refractivity contribution in [2.45, 2.75) is 20.8 Å². The molecule has 0 aliphatic carbocycles. The molecule has 2 heterocycles. The predicted molar refractivity (Wildman–Crippen MR) is 123 cm³/mol. The molecule has 3 aromatic rings. The Hall–Kier alpha value is -4.06. The summed E-state index contributed by atoms with van der Waals surface area (Å²) in [6, 6.07) is 18.5. The number of carbonyl (C=O) groups excluding carboxylic acids is 2. The number of hydrogen-bond acceptors (Lipinski definition) is 5. The lowest BCUT2D eigenvalue weighted by Gasteiger charge is -2.17. The fourth-order valence-corrected chi connectivity index (χ4v) is 3.96. The summed E-state index contributed by atoms with van der Waals surface area (Å²) in [5.41, 5.74) is 5.51. The fraction of sp³-hybridized carbons (Fsp3) is 0.154. The van der Waals surface area contributed by atoms with Gasteiger partial charge in [0, 0.05) is 11.8 Å². The molecule has 0 saturated heterocycles. The molecule has 2 aliphatic rings. The van der Waals surface area contributed by atoms with E-state index in [1.54, 1.807) is 24.3 Å². The molecule has 160 valence electrons. The maximum Gasteiger partial charge on any atom is 0.282 e. The van der Waals surface area contributed by atoms with E-state index in [0.29, 0.717) is 34.0 Å². The summed E-state index contributed by atoms with van der Waals surface area (Å²) >= 11 is 0. The van der Waals surface area contributed by atoms with Crippen LogP contribution in [0.5, 0.6) is 11.5 Å². The van der Waals surface area contributed by atoms with Crippen LogP contribution in [-0.2, 0) is 9.59 Å². The number of fused-ring (bicyclic) bond motifs is 1. The zero-order chi connectivity index (χ0) is 22.4. The van der Waals surface area contributed by atoms with Gasteiger partial charge in [0.2, 0.25) is 6.79 Å². The number of ether oxygens (including phenoxy) is 2. The molecule has 6 nitrogen and oxygen atoms in total. The van der Waals surface area contributed by atoms with Crippen molar-refractivity contribution in [3.8, 4) is 11.5 Å². The van der Waals surface area contributed by atoms with Crippen LogP contribution in [0.1, 0.15) is 22.3 Å². The van der Waals surface area contributed by atoms with Crippen molar-refractivity contribution in [3.05, 3.63) is 88.6 Å². The van der Waals surface area contributed by atoms with Crippen LogP contribution in [0, 0.1) is 20.8 Å². The Kier molecular flexibility index (Phi) is 4.70. The summed E-state index contributed by atoms with van der Waals surface area (Å²) in [6.07, 6.45) is 0. The van der Waals surface area contributed by atoms with E-state index in [9.17, 15) is 9.59 Å². The molecular formula is C26H22N2O4. The second-order valence-electron chi connectivity index (χ2n) is 7.97. The Labute approximate surface area is 186 Å². The van der Waals surface area contributed by atoms with Gasteiger partial charge in [0.25, 0.3) is 11.8 Å². The first-order chi connectivity index (χ1) is 15.4. The average molecular weight is 426 g/mol. The average Bonchev–Trinajstić information content (AvgIpc) is 3.33. The molecule has 0 fully saturated rings. The van der Waals surface area contributed by atoms with Crippen molar-refractivity contribution in [2.75, 3.05) is 17.0 Å². The lowest BCUT2D eigenvalue weighted by Crippen LogP contribution is -2.33. The van der Waals surface area contributed by atoms with E-state index in [0.717, 1.165) is 16.7 Å². The number of aryl methyl sites for hydroxylation is 3. The summed E-state index contributed by atoms with van der Waals surface area (Å²) in [6.45, 7) is 6.05. The Morgan fingerprint density at radius 1 is 0.781 bits per heavy atom. The van der Waals surface area contributed by atoms with Crippen LogP contribution >= 0.6 is 0 Å². The Morgan fingerprint density at radius 3 is 2.34 bits per heavy atom. The van der Waals surface area contributed by atoms with Gasteiger partial charge in [0.1, 0.15) is 5.70 Å². The van der Waals surface area contributed by atoms with Gasteiger partial charge in [0.05, 0.1) is 11.3 Å². The van der Waals surface area contributed by atoms with Crippen molar-refractivity contribution in [3.63, 3.8) is 0 Å². The highest BCUT2D eigenvalue weighted by Crippen LogP contribution is 2.38. The van der Waals surface area contributed by atoms with E-state index in [1.165, 1.54) is 4.90 Å². The first-order valence-electron chi connectivity index (χ1n) is 10.4. The SMILES string of the molecule is Cc1ccc(C2=C(Nc3ccc4c(c3)OCO4)C(=O)N(c3ccccc3C)C2=O)cc1C. The molecule has 0 atom stereocenters. The summed E-state index contributed by atoms with van der Waals surface area (Å²) in [7, 11) is 0. The van der Waals surface area contributed by atoms with Gasteiger partial charge in [-0.2, -0.15) is 0 Å². The molecule has 0 unspecified atom stereocenters. The lowest BCUT2D eigenvalue weighted by atomic mass is 9.99. The quantitative estimate of drug-likeness (QED) is 0.611. The number of carbonyl (C=O) groups is 2. The van der Waals surface area contributed by atoms with E-state index in [-0.39, 0.29) is 18.4 Å². The first kappa shape index (κ1) is 19.9. The zero-order valence-corrected chi connectivity index (χ0v) is 18.1. The molecule has 3 aromatic carbocycles. The summed E-state index contributed by atoms with van der Waals surface area (Å²) in [5, 5.41) is 3.18. The molecule has 0 radical (unpaired) electrons. The topological polar surface area (TPSA) is 67.9 Å². The number of imide groups is 1. The first-order valence-corrected chi connectivity index (χ1v) is 10.4.